The van der Waals surface area contributed by atoms with Crippen LogP contribution in [0.5, 0.6) is 0 Å². The maximum Gasteiger partial charge on any atom is 0.0964 e. The molecule has 1 N–H and O–H groups in total. The average molecular weight is 182 g/mol. The fourth-order valence-electron chi connectivity index (χ4n) is 0.992. The highest BCUT2D eigenvalue weighted by atomic mass is 32.2. The lowest BCUT2D eigenvalue weighted by Crippen LogP contribution is -1.96. The van der Waals surface area contributed by atoms with Gasteiger partial charge < -0.3 is 5.11 Å². The molecule has 0 spiro atoms. The fraction of sp³-hybridized carbons (Fsp3) is 0.400. The summed E-state index contributed by atoms with van der Waals surface area (Å²) in [5, 5.41) is 8.99. The molecule has 1 rings (SSSR count). The fourth-order valence-corrected chi connectivity index (χ4v) is 1.69. The van der Waals surface area contributed by atoms with Crippen molar-refractivity contribution in [2.24, 2.45) is 0 Å². The van der Waals surface area contributed by atoms with Crippen LogP contribution in [-0.2, 0) is 6.42 Å². The van der Waals surface area contributed by atoms with Gasteiger partial charge in [-0.3, -0.25) is 0 Å². The lowest BCUT2D eigenvalue weighted by molar-refractivity contribution is 0.284. The summed E-state index contributed by atoms with van der Waals surface area (Å²) in [7, 11) is 0. The molecule has 1 atom stereocenters. The van der Waals surface area contributed by atoms with Gasteiger partial charge in [0.1, 0.15) is 0 Å². The van der Waals surface area contributed by atoms with Gasteiger partial charge >= 0.3 is 0 Å². The highest BCUT2D eigenvalue weighted by Crippen LogP contribution is 2.10. The van der Waals surface area contributed by atoms with E-state index in [9.17, 15) is 0 Å². The van der Waals surface area contributed by atoms with Gasteiger partial charge in [-0.25, -0.2) is 0 Å². The zero-order valence-electron chi connectivity index (χ0n) is 7.23. The molecule has 0 radical (unpaired) electrons. The Morgan fingerprint density at radius 1 is 1.33 bits per heavy atom. The van der Waals surface area contributed by atoms with Crippen molar-refractivity contribution in [3.05, 3.63) is 35.9 Å². The molecular formula is C10H14OS. The van der Waals surface area contributed by atoms with E-state index >= 15 is 0 Å². The van der Waals surface area contributed by atoms with E-state index in [4.69, 9.17) is 5.11 Å². The van der Waals surface area contributed by atoms with Crippen LogP contribution in [0.15, 0.2) is 30.3 Å². The molecule has 1 aromatic carbocycles. The van der Waals surface area contributed by atoms with Crippen molar-refractivity contribution in [3.63, 3.8) is 0 Å². The van der Waals surface area contributed by atoms with Crippen LogP contribution in [0.4, 0.5) is 0 Å². The van der Waals surface area contributed by atoms with E-state index in [-0.39, 0.29) is 5.44 Å². The van der Waals surface area contributed by atoms with Gasteiger partial charge in [-0.1, -0.05) is 30.3 Å². The second-order valence-corrected chi connectivity index (χ2v) is 4.13. The molecule has 0 aromatic heterocycles. The molecule has 0 fully saturated rings. The van der Waals surface area contributed by atoms with Crippen molar-refractivity contribution < 1.29 is 5.11 Å². The monoisotopic (exact) mass is 182 g/mol. The van der Waals surface area contributed by atoms with E-state index in [2.05, 4.69) is 12.1 Å². The summed E-state index contributed by atoms with van der Waals surface area (Å²) in [5.74, 6) is 0.988. The highest BCUT2D eigenvalue weighted by molar-refractivity contribution is 7.99. The molecule has 2 heteroatoms. The molecule has 0 bridgehead atoms. The van der Waals surface area contributed by atoms with E-state index in [0.717, 1.165) is 12.2 Å². The first kappa shape index (κ1) is 9.62. The molecule has 1 unspecified atom stereocenters. The number of aryl methyl sites for hydroxylation is 1. The van der Waals surface area contributed by atoms with Crippen LogP contribution in [0, 0.1) is 0 Å². The minimum Gasteiger partial charge on any atom is -0.383 e. The normalized spacial score (nSPS) is 12.8. The van der Waals surface area contributed by atoms with Crippen molar-refractivity contribution in [1.29, 1.82) is 0 Å². The van der Waals surface area contributed by atoms with Crippen molar-refractivity contribution in [2.75, 3.05) is 5.75 Å². The lowest BCUT2D eigenvalue weighted by Gasteiger charge is -2.03. The average Bonchev–Trinajstić information content (AvgIpc) is 2.05. The van der Waals surface area contributed by atoms with Crippen LogP contribution >= 0.6 is 11.8 Å². The standard InChI is InChI=1S/C10H14OS/c1-9(11)12-8-7-10-5-3-2-4-6-10/h2-6,9,11H,7-8H2,1H3. The SMILES string of the molecule is CC(O)SCCc1ccccc1. The molecule has 0 amide bonds. The van der Waals surface area contributed by atoms with Crippen LogP contribution in [0.25, 0.3) is 0 Å². The lowest BCUT2D eigenvalue weighted by atomic mass is 10.2. The quantitative estimate of drug-likeness (QED) is 0.721. The van der Waals surface area contributed by atoms with Crippen LogP contribution in [0.1, 0.15) is 12.5 Å². The second kappa shape index (κ2) is 5.22. The number of aliphatic hydroxyl groups is 1. The van der Waals surface area contributed by atoms with Crippen LogP contribution < -0.4 is 0 Å². The van der Waals surface area contributed by atoms with Crippen molar-refractivity contribution in [1.82, 2.24) is 0 Å². The van der Waals surface area contributed by atoms with Crippen molar-refractivity contribution >= 4 is 11.8 Å². The molecule has 0 saturated heterocycles. The third kappa shape index (κ3) is 3.79. The molecule has 0 heterocycles. The summed E-state index contributed by atoms with van der Waals surface area (Å²) in [6.07, 6.45) is 1.04. The number of benzene rings is 1. The maximum atomic E-state index is 8.99. The second-order valence-electron chi connectivity index (χ2n) is 2.71. The first-order valence-corrected chi connectivity index (χ1v) is 5.17. The van der Waals surface area contributed by atoms with Crippen LogP contribution in [0.3, 0.4) is 0 Å². The number of aliphatic hydroxyl groups excluding tert-OH is 1. The summed E-state index contributed by atoms with van der Waals surface area (Å²) < 4.78 is 0. The largest absolute Gasteiger partial charge is 0.383 e. The zero-order chi connectivity index (χ0) is 8.81. The van der Waals surface area contributed by atoms with Crippen molar-refractivity contribution in [2.45, 2.75) is 18.8 Å². The molecule has 0 aliphatic carbocycles. The van der Waals surface area contributed by atoms with E-state index < -0.39 is 0 Å². The Bertz CT molecular complexity index is 208. The number of thioether (sulfide) groups is 1. The minimum absolute atomic E-state index is 0.242. The highest BCUT2D eigenvalue weighted by Gasteiger charge is 1.95. The Balaban J connectivity index is 2.25. The van der Waals surface area contributed by atoms with Gasteiger partial charge in [0.2, 0.25) is 0 Å². The van der Waals surface area contributed by atoms with Gasteiger partial charge in [-0.15, -0.1) is 11.8 Å². The predicted molar refractivity (Wildman–Crippen MR) is 54.3 cm³/mol. The molecule has 0 aliphatic heterocycles. The molecule has 12 heavy (non-hydrogen) atoms. The van der Waals surface area contributed by atoms with E-state index in [1.807, 2.05) is 18.2 Å². The van der Waals surface area contributed by atoms with Gasteiger partial charge in [0.05, 0.1) is 5.44 Å². The first-order chi connectivity index (χ1) is 5.79. The Morgan fingerprint density at radius 2 is 2.00 bits per heavy atom. The molecular weight excluding hydrogens is 168 g/mol. The Kier molecular flexibility index (Phi) is 4.19. The van der Waals surface area contributed by atoms with E-state index in [1.165, 1.54) is 5.56 Å². The Morgan fingerprint density at radius 3 is 2.58 bits per heavy atom. The van der Waals surface area contributed by atoms with Crippen LogP contribution in [-0.4, -0.2) is 16.3 Å². The first-order valence-electron chi connectivity index (χ1n) is 4.12. The Labute approximate surface area is 77.8 Å². The summed E-state index contributed by atoms with van der Waals surface area (Å²) in [6.45, 7) is 1.80. The van der Waals surface area contributed by atoms with Crippen LogP contribution in [0.2, 0.25) is 0 Å². The van der Waals surface area contributed by atoms with Gasteiger partial charge in [0, 0.05) is 0 Å². The van der Waals surface area contributed by atoms with E-state index in [1.54, 1.807) is 18.7 Å². The summed E-state index contributed by atoms with van der Waals surface area (Å²) >= 11 is 1.58. The maximum absolute atomic E-state index is 8.99. The molecule has 0 saturated carbocycles. The summed E-state index contributed by atoms with van der Waals surface area (Å²) in [6, 6.07) is 10.3. The third-order valence-corrected chi connectivity index (χ3v) is 2.51. The van der Waals surface area contributed by atoms with Gasteiger partial charge in [-0.05, 0) is 24.7 Å². The molecule has 0 aliphatic rings. The van der Waals surface area contributed by atoms with Gasteiger partial charge in [0.15, 0.2) is 0 Å². The van der Waals surface area contributed by atoms with Crippen molar-refractivity contribution in [3.8, 4) is 0 Å². The smallest absolute Gasteiger partial charge is 0.0964 e. The predicted octanol–water partition coefficient (Wildman–Crippen LogP) is 2.30. The zero-order valence-corrected chi connectivity index (χ0v) is 8.05. The molecule has 1 aromatic rings. The number of hydrogen-bond donors (Lipinski definition) is 1. The number of hydrogen-bond acceptors (Lipinski definition) is 2. The molecule has 66 valence electrons. The molecule has 1 nitrogen and oxygen atoms in total. The van der Waals surface area contributed by atoms with E-state index in [0.29, 0.717) is 0 Å². The minimum atomic E-state index is -0.242. The van der Waals surface area contributed by atoms with Gasteiger partial charge in [-0.2, -0.15) is 0 Å². The topological polar surface area (TPSA) is 20.2 Å². The third-order valence-electron chi connectivity index (χ3n) is 1.59. The number of rotatable bonds is 4. The summed E-state index contributed by atoms with van der Waals surface area (Å²) in [5.41, 5.74) is 1.10. The Hall–Kier alpha value is -0.470. The van der Waals surface area contributed by atoms with Gasteiger partial charge in [0.25, 0.3) is 0 Å². The summed E-state index contributed by atoms with van der Waals surface area (Å²) in [4.78, 5) is 0.